The van der Waals surface area contributed by atoms with Gasteiger partial charge in [-0.15, -0.1) is 0 Å². The largest absolute Gasteiger partial charge is 0.457 e. The molecule has 1 amide bonds. The summed E-state index contributed by atoms with van der Waals surface area (Å²) in [4.78, 5) is 14.6. The molecule has 0 radical (unpaired) electrons. The van der Waals surface area contributed by atoms with Gasteiger partial charge in [-0.3, -0.25) is 4.79 Å². The van der Waals surface area contributed by atoms with E-state index < -0.39 is 11.6 Å². The normalized spacial score (nSPS) is 23.9. The second kappa shape index (κ2) is 7.27. The van der Waals surface area contributed by atoms with Crippen LogP contribution in [0.1, 0.15) is 36.0 Å². The SMILES string of the molecule is CN(C(=O)c1ccc(Oc2ccc(F)c(F)c2)cc1)C1CC2CCC(C1)N2. The number of hydrogen-bond acceptors (Lipinski definition) is 3. The minimum absolute atomic E-state index is 0.0133. The van der Waals surface area contributed by atoms with E-state index in [0.29, 0.717) is 23.4 Å². The fourth-order valence-corrected chi connectivity index (χ4v) is 4.05. The van der Waals surface area contributed by atoms with E-state index in [-0.39, 0.29) is 17.7 Å². The number of halogens is 2. The number of rotatable bonds is 4. The van der Waals surface area contributed by atoms with Crippen molar-refractivity contribution in [2.45, 2.75) is 43.8 Å². The van der Waals surface area contributed by atoms with E-state index in [1.54, 1.807) is 24.3 Å². The van der Waals surface area contributed by atoms with Crippen molar-refractivity contribution in [2.24, 2.45) is 0 Å². The number of ether oxygens (including phenoxy) is 1. The van der Waals surface area contributed by atoms with Crippen LogP contribution in [0.2, 0.25) is 0 Å². The second-order valence-corrected chi connectivity index (χ2v) is 7.38. The molecule has 4 nitrogen and oxygen atoms in total. The van der Waals surface area contributed by atoms with Crippen LogP contribution in [0.5, 0.6) is 11.5 Å². The number of carbonyl (C=O) groups excluding carboxylic acids is 1. The Hall–Kier alpha value is -2.47. The maximum absolute atomic E-state index is 13.3. The molecule has 0 saturated carbocycles. The molecule has 2 bridgehead atoms. The lowest BCUT2D eigenvalue weighted by Gasteiger charge is -2.35. The van der Waals surface area contributed by atoms with E-state index in [2.05, 4.69) is 5.32 Å². The summed E-state index contributed by atoms with van der Waals surface area (Å²) in [7, 11) is 1.86. The number of hydrogen-bond donors (Lipinski definition) is 1. The summed E-state index contributed by atoms with van der Waals surface area (Å²) in [6, 6.07) is 11.4. The van der Waals surface area contributed by atoms with Crippen LogP contribution in [0.25, 0.3) is 0 Å². The Labute approximate surface area is 157 Å². The van der Waals surface area contributed by atoms with Gasteiger partial charge in [0.1, 0.15) is 11.5 Å². The molecular weight excluding hydrogens is 350 g/mol. The summed E-state index contributed by atoms with van der Waals surface area (Å²) >= 11 is 0. The summed E-state index contributed by atoms with van der Waals surface area (Å²) in [5, 5.41) is 3.59. The molecule has 2 unspecified atom stereocenters. The van der Waals surface area contributed by atoms with E-state index in [9.17, 15) is 13.6 Å². The molecular formula is C21H22F2N2O2. The lowest BCUT2D eigenvalue weighted by atomic mass is 9.98. The highest BCUT2D eigenvalue weighted by Gasteiger charge is 2.36. The van der Waals surface area contributed by atoms with E-state index >= 15 is 0 Å². The maximum Gasteiger partial charge on any atom is 0.253 e. The molecule has 2 aliphatic rings. The molecule has 0 spiro atoms. The number of amides is 1. The van der Waals surface area contributed by atoms with Crippen molar-refractivity contribution < 1.29 is 18.3 Å². The van der Waals surface area contributed by atoms with Crippen LogP contribution in [-0.4, -0.2) is 36.0 Å². The molecule has 2 fully saturated rings. The number of fused-ring (bicyclic) bond motifs is 2. The maximum atomic E-state index is 13.3. The molecule has 0 aliphatic carbocycles. The average molecular weight is 372 g/mol. The summed E-state index contributed by atoms with van der Waals surface area (Å²) in [6.45, 7) is 0. The van der Waals surface area contributed by atoms with Crippen LogP contribution < -0.4 is 10.1 Å². The van der Waals surface area contributed by atoms with Crippen molar-refractivity contribution in [1.82, 2.24) is 10.2 Å². The molecule has 0 aromatic heterocycles. The van der Waals surface area contributed by atoms with Crippen molar-refractivity contribution in [3.05, 3.63) is 59.7 Å². The standard InChI is InChI=1S/C21H22F2N2O2/c1-25(16-10-14-4-5-15(11-16)24-14)21(26)13-2-6-17(7-3-13)27-18-8-9-19(22)20(23)12-18/h2-3,6-9,12,14-16,24H,4-5,10-11H2,1H3. The van der Waals surface area contributed by atoms with Gasteiger partial charge in [-0.1, -0.05) is 0 Å². The van der Waals surface area contributed by atoms with Crippen LogP contribution in [0.3, 0.4) is 0 Å². The second-order valence-electron chi connectivity index (χ2n) is 7.38. The Morgan fingerprint density at radius 3 is 2.26 bits per heavy atom. The van der Waals surface area contributed by atoms with Crippen molar-refractivity contribution in [2.75, 3.05) is 7.05 Å². The van der Waals surface area contributed by atoms with Gasteiger partial charge in [-0.2, -0.15) is 0 Å². The number of nitrogens with zero attached hydrogens (tertiary/aromatic N) is 1. The van der Waals surface area contributed by atoms with Crippen molar-refractivity contribution >= 4 is 5.91 Å². The average Bonchev–Trinajstić information content (AvgIpc) is 3.02. The van der Waals surface area contributed by atoms with E-state index in [4.69, 9.17) is 4.74 Å². The Morgan fingerprint density at radius 1 is 1.00 bits per heavy atom. The number of piperidine rings is 1. The van der Waals surface area contributed by atoms with Crippen molar-refractivity contribution in [3.8, 4) is 11.5 Å². The smallest absolute Gasteiger partial charge is 0.253 e. The zero-order valence-electron chi connectivity index (χ0n) is 15.1. The van der Waals surface area contributed by atoms with Gasteiger partial charge in [0.15, 0.2) is 11.6 Å². The van der Waals surface area contributed by atoms with Gasteiger partial charge in [0, 0.05) is 36.8 Å². The highest BCUT2D eigenvalue weighted by atomic mass is 19.2. The quantitative estimate of drug-likeness (QED) is 0.878. The van der Waals surface area contributed by atoms with Gasteiger partial charge in [0.25, 0.3) is 5.91 Å². The first-order valence-corrected chi connectivity index (χ1v) is 9.26. The van der Waals surface area contributed by atoms with Crippen LogP contribution in [-0.2, 0) is 0 Å². The minimum Gasteiger partial charge on any atom is -0.457 e. The topological polar surface area (TPSA) is 41.6 Å². The van der Waals surface area contributed by atoms with Crippen molar-refractivity contribution in [1.29, 1.82) is 0 Å². The third-order valence-electron chi connectivity index (χ3n) is 5.54. The molecule has 2 aromatic carbocycles. The fourth-order valence-electron chi connectivity index (χ4n) is 4.05. The lowest BCUT2D eigenvalue weighted by molar-refractivity contribution is 0.0681. The van der Waals surface area contributed by atoms with Gasteiger partial charge >= 0.3 is 0 Å². The number of nitrogens with one attached hydrogen (secondary N) is 1. The summed E-state index contributed by atoms with van der Waals surface area (Å²) in [5.41, 5.74) is 0.584. The van der Waals surface area contributed by atoms with E-state index in [1.165, 1.54) is 18.9 Å². The highest BCUT2D eigenvalue weighted by Crippen LogP contribution is 2.30. The van der Waals surface area contributed by atoms with E-state index in [0.717, 1.165) is 25.0 Å². The molecule has 1 N–H and O–H groups in total. The molecule has 142 valence electrons. The lowest BCUT2D eigenvalue weighted by Crippen LogP contribution is -2.48. The zero-order chi connectivity index (χ0) is 19.0. The van der Waals surface area contributed by atoms with Gasteiger partial charge in [-0.05, 0) is 62.1 Å². The Balaban J connectivity index is 1.42. The van der Waals surface area contributed by atoms with Gasteiger partial charge in [0.2, 0.25) is 0 Å². The van der Waals surface area contributed by atoms with Gasteiger partial charge in [0.05, 0.1) is 0 Å². The fraction of sp³-hybridized carbons (Fsp3) is 0.381. The van der Waals surface area contributed by atoms with Crippen LogP contribution >= 0.6 is 0 Å². The summed E-state index contributed by atoms with van der Waals surface area (Å²) in [5.74, 6) is -1.23. The van der Waals surface area contributed by atoms with Crippen LogP contribution in [0.15, 0.2) is 42.5 Å². The van der Waals surface area contributed by atoms with Gasteiger partial charge < -0.3 is 15.0 Å². The predicted molar refractivity (Wildman–Crippen MR) is 97.9 cm³/mol. The Morgan fingerprint density at radius 2 is 1.63 bits per heavy atom. The summed E-state index contributed by atoms with van der Waals surface area (Å²) < 4.78 is 31.8. The van der Waals surface area contributed by atoms with Crippen LogP contribution in [0, 0.1) is 11.6 Å². The predicted octanol–water partition coefficient (Wildman–Crippen LogP) is 4.11. The van der Waals surface area contributed by atoms with Crippen LogP contribution in [0.4, 0.5) is 8.78 Å². The highest BCUT2D eigenvalue weighted by molar-refractivity contribution is 5.94. The monoisotopic (exact) mass is 372 g/mol. The third kappa shape index (κ3) is 3.81. The Kier molecular flexibility index (Phi) is 4.83. The first kappa shape index (κ1) is 17.9. The minimum atomic E-state index is -0.961. The molecule has 2 saturated heterocycles. The molecule has 2 aliphatic heterocycles. The molecule has 2 atom stereocenters. The number of benzene rings is 2. The van der Waals surface area contributed by atoms with E-state index in [1.807, 2.05) is 11.9 Å². The van der Waals surface area contributed by atoms with Crippen molar-refractivity contribution in [3.63, 3.8) is 0 Å². The molecule has 2 aromatic rings. The Bertz CT molecular complexity index is 829. The molecule has 6 heteroatoms. The van der Waals surface area contributed by atoms with Gasteiger partial charge in [-0.25, -0.2) is 8.78 Å². The zero-order valence-corrected chi connectivity index (χ0v) is 15.1. The number of carbonyl (C=O) groups is 1. The molecule has 27 heavy (non-hydrogen) atoms. The first-order chi connectivity index (χ1) is 13.0. The first-order valence-electron chi connectivity index (χ1n) is 9.26. The molecule has 2 heterocycles. The third-order valence-corrected chi connectivity index (χ3v) is 5.54. The molecule has 4 rings (SSSR count). The summed E-state index contributed by atoms with van der Waals surface area (Å²) in [6.07, 6.45) is 4.38.